The molecule has 0 aromatic carbocycles. The molecule has 0 bridgehead atoms. The highest BCUT2D eigenvalue weighted by atomic mass is 79.9. The summed E-state index contributed by atoms with van der Waals surface area (Å²) in [5, 5.41) is 0. The number of rotatable bonds is 1. The van der Waals surface area contributed by atoms with Crippen molar-refractivity contribution >= 4 is 21.7 Å². The van der Waals surface area contributed by atoms with E-state index in [-0.39, 0.29) is 0 Å². The smallest absolute Gasteiger partial charge is 0.131 e. The lowest BCUT2D eigenvalue weighted by Gasteiger charge is -2.24. The molecular formula is C11H15BrN2. The second kappa shape index (κ2) is 3.89. The fourth-order valence-corrected chi connectivity index (χ4v) is 2.53. The molecule has 1 aliphatic rings. The molecule has 1 aromatic rings. The van der Waals surface area contributed by atoms with E-state index in [9.17, 15) is 0 Å². The van der Waals surface area contributed by atoms with Gasteiger partial charge in [-0.05, 0) is 54.2 Å². The van der Waals surface area contributed by atoms with Crippen molar-refractivity contribution < 1.29 is 0 Å². The van der Waals surface area contributed by atoms with Crippen molar-refractivity contribution in [1.29, 1.82) is 0 Å². The van der Waals surface area contributed by atoms with Crippen molar-refractivity contribution in [3.8, 4) is 0 Å². The van der Waals surface area contributed by atoms with Crippen LogP contribution in [-0.2, 0) is 0 Å². The fraction of sp³-hybridized carbons (Fsp3) is 0.545. The van der Waals surface area contributed by atoms with Gasteiger partial charge < -0.3 is 4.90 Å². The largest absolute Gasteiger partial charge is 0.354 e. The van der Waals surface area contributed by atoms with Crippen LogP contribution in [0.2, 0.25) is 0 Å². The quantitative estimate of drug-likeness (QED) is 0.766. The van der Waals surface area contributed by atoms with Crippen molar-refractivity contribution in [3.05, 3.63) is 22.3 Å². The third-order valence-electron chi connectivity index (χ3n) is 2.84. The highest BCUT2D eigenvalue weighted by Gasteiger charge is 2.22. The van der Waals surface area contributed by atoms with E-state index in [1.165, 1.54) is 18.4 Å². The lowest BCUT2D eigenvalue weighted by Crippen LogP contribution is -2.27. The fourth-order valence-electron chi connectivity index (χ4n) is 2.08. The van der Waals surface area contributed by atoms with Gasteiger partial charge in [0.1, 0.15) is 5.82 Å². The summed E-state index contributed by atoms with van der Waals surface area (Å²) in [6.07, 6.45) is 4.46. The first-order valence-electron chi connectivity index (χ1n) is 5.07. The van der Waals surface area contributed by atoms with E-state index >= 15 is 0 Å². The van der Waals surface area contributed by atoms with Crippen LogP contribution in [0.5, 0.6) is 0 Å². The Hall–Kier alpha value is -0.570. The Bertz CT molecular complexity index is 338. The van der Waals surface area contributed by atoms with Gasteiger partial charge in [0.15, 0.2) is 0 Å². The average molecular weight is 255 g/mol. The van der Waals surface area contributed by atoms with Crippen LogP contribution in [-0.4, -0.2) is 17.6 Å². The second-order valence-corrected chi connectivity index (χ2v) is 4.89. The van der Waals surface area contributed by atoms with Crippen molar-refractivity contribution in [2.24, 2.45) is 0 Å². The molecule has 1 fully saturated rings. The average Bonchev–Trinajstić information content (AvgIpc) is 2.52. The molecule has 0 spiro atoms. The Morgan fingerprint density at radius 1 is 1.57 bits per heavy atom. The predicted octanol–water partition coefficient (Wildman–Crippen LogP) is 3.14. The third-order valence-corrected chi connectivity index (χ3v) is 3.28. The van der Waals surface area contributed by atoms with E-state index in [0.29, 0.717) is 6.04 Å². The molecule has 3 heteroatoms. The summed E-state index contributed by atoms with van der Waals surface area (Å²) in [5.41, 5.74) is 1.26. The monoisotopic (exact) mass is 254 g/mol. The number of aryl methyl sites for hydroxylation is 1. The minimum atomic E-state index is 0.641. The van der Waals surface area contributed by atoms with Crippen molar-refractivity contribution in [3.63, 3.8) is 0 Å². The summed E-state index contributed by atoms with van der Waals surface area (Å²) in [7, 11) is 0. The van der Waals surface area contributed by atoms with E-state index in [4.69, 9.17) is 0 Å². The van der Waals surface area contributed by atoms with Crippen molar-refractivity contribution in [2.45, 2.75) is 32.7 Å². The van der Waals surface area contributed by atoms with Crippen molar-refractivity contribution in [2.75, 3.05) is 11.4 Å². The SMILES string of the molecule is Cc1cc(Br)cnc1N1CCC[C@H]1C. The number of aromatic nitrogens is 1. The van der Waals surface area contributed by atoms with E-state index in [0.717, 1.165) is 16.8 Å². The lowest BCUT2D eigenvalue weighted by molar-refractivity contribution is 0.725. The van der Waals surface area contributed by atoms with Gasteiger partial charge in [-0.1, -0.05) is 0 Å². The summed E-state index contributed by atoms with van der Waals surface area (Å²) in [6.45, 7) is 5.55. The molecule has 0 unspecified atom stereocenters. The summed E-state index contributed by atoms with van der Waals surface area (Å²) in [5.74, 6) is 1.15. The zero-order valence-electron chi connectivity index (χ0n) is 8.63. The molecular weight excluding hydrogens is 240 g/mol. The standard InChI is InChI=1S/C11H15BrN2/c1-8-6-10(12)7-13-11(8)14-5-3-4-9(14)2/h6-7,9H,3-5H2,1-2H3/t9-/m1/s1. The number of halogens is 1. The molecule has 76 valence electrons. The van der Waals surface area contributed by atoms with Gasteiger partial charge in [-0.25, -0.2) is 4.98 Å². The van der Waals surface area contributed by atoms with Gasteiger partial charge in [0, 0.05) is 23.3 Å². The molecule has 14 heavy (non-hydrogen) atoms. The number of pyridine rings is 1. The minimum absolute atomic E-state index is 0.641. The maximum Gasteiger partial charge on any atom is 0.131 e. The summed E-state index contributed by atoms with van der Waals surface area (Å²) >= 11 is 3.44. The van der Waals surface area contributed by atoms with Gasteiger partial charge in [-0.15, -0.1) is 0 Å². The Kier molecular flexibility index (Phi) is 2.77. The molecule has 1 aliphatic heterocycles. The minimum Gasteiger partial charge on any atom is -0.354 e. The van der Waals surface area contributed by atoms with Gasteiger partial charge >= 0.3 is 0 Å². The first-order chi connectivity index (χ1) is 6.68. The Labute approximate surface area is 93.5 Å². The molecule has 1 saturated heterocycles. The number of hydrogen-bond acceptors (Lipinski definition) is 2. The van der Waals surface area contributed by atoms with Crippen molar-refractivity contribution in [1.82, 2.24) is 4.98 Å². The summed E-state index contributed by atoms with van der Waals surface area (Å²) in [4.78, 5) is 6.89. The molecule has 0 saturated carbocycles. The maximum absolute atomic E-state index is 4.49. The second-order valence-electron chi connectivity index (χ2n) is 3.98. The first-order valence-corrected chi connectivity index (χ1v) is 5.86. The topological polar surface area (TPSA) is 16.1 Å². The zero-order valence-corrected chi connectivity index (χ0v) is 10.2. The third kappa shape index (κ3) is 1.78. The Balaban J connectivity index is 2.31. The molecule has 0 N–H and O–H groups in total. The molecule has 2 heterocycles. The number of hydrogen-bond donors (Lipinski definition) is 0. The number of nitrogens with zero attached hydrogens (tertiary/aromatic N) is 2. The van der Waals surface area contributed by atoms with Crippen LogP contribution in [0.4, 0.5) is 5.82 Å². The zero-order chi connectivity index (χ0) is 10.1. The molecule has 1 atom stereocenters. The van der Waals surface area contributed by atoms with E-state index in [1.807, 2.05) is 6.20 Å². The Morgan fingerprint density at radius 3 is 2.93 bits per heavy atom. The molecule has 2 rings (SSSR count). The van der Waals surface area contributed by atoms with Gasteiger partial charge in [0.05, 0.1) is 0 Å². The summed E-state index contributed by atoms with van der Waals surface area (Å²) in [6, 6.07) is 2.77. The van der Waals surface area contributed by atoms with E-state index < -0.39 is 0 Å². The van der Waals surface area contributed by atoms with E-state index in [2.05, 4.69) is 45.7 Å². The first kappa shape index (κ1) is 9.97. The van der Waals surface area contributed by atoms with Crippen LogP contribution in [0, 0.1) is 6.92 Å². The normalized spacial score (nSPS) is 21.6. The molecule has 0 aliphatic carbocycles. The molecule has 1 aromatic heterocycles. The molecule has 0 radical (unpaired) electrons. The van der Waals surface area contributed by atoms with Crippen LogP contribution in [0.15, 0.2) is 16.7 Å². The molecule has 0 amide bonds. The van der Waals surface area contributed by atoms with Gasteiger partial charge in [0.2, 0.25) is 0 Å². The lowest BCUT2D eigenvalue weighted by atomic mass is 10.2. The van der Waals surface area contributed by atoms with Crippen LogP contribution in [0.25, 0.3) is 0 Å². The van der Waals surface area contributed by atoms with Gasteiger partial charge in [-0.3, -0.25) is 0 Å². The number of anilines is 1. The van der Waals surface area contributed by atoms with Crippen LogP contribution < -0.4 is 4.90 Å². The summed E-state index contributed by atoms with van der Waals surface area (Å²) < 4.78 is 1.06. The van der Waals surface area contributed by atoms with Gasteiger partial charge in [-0.2, -0.15) is 0 Å². The predicted molar refractivity (Wildman–Crippen MR) is 62.7 cm³/mol. The van der Waals surface area contributed by atoms with Crippen LogP contribution in [0.1, 0.15) is 25.3 Å². The van der Waals surface area contributed by atoms with Crippen LogP contribution in [0.3, 0.4) is 0 Å². The molecule has 2 nitrogen and oxygen atoms in total. The van der Waals surface area contributed by atoms with Crippen LogP contribution >= 0.6 is 15.9 Å². The maximum atomic E-state index is 4.49. The highest BCUT2D eigenvalue weighted by Crippen LogP contribution is 2.27. The Morgan fingerprint density at radius 2 is 2.36 bits per heavy atom. The van der Waals surface area contributed by atoms with Gasteiger partial charge in [0.25, 0.3) is 0 Å². The van der Waals surface area contributed by atoms with E-state index in [1.54, 1.807) is 0 Å². The highest BCUT2D eigenvalue weighted by molar-refractivity contribution is 9.10.